The molecular formula is C15H19F3N4O4S. The molecule has 2 rings (SSSR count). The van der Waals surface area contributed by atoms with E-state index in [9.17, 15) is 31.2 Å². The van der Waals surface area contributed by atoms with Crippen molar-refractivity contribution in [2.75, 3.05) is 32.7 Å². The van der Waals surface area contributed by atoms with Crippen LogP contribution in [-0.4, -0.2) is 62.2 Å². The van der Waals surface area contributed by atoms with Gasteiger partial charge in [0, 0.05) is 33.1 Å². The highest BCUT2D eigenvalue weighted by Gasteiger charge is 2.39. The Kier molecular flexibility index (Phi) is 6.44. The Labute approximate surface area is 154 Å². The molecule has 1 heterocycles. The van der Waals surface area contributed by atoms with E-state index in [4.69, 9.17) is 0 Å². The molecule has 1 saturated heterocycles. The van der Waals surface area contributed by atoms with E-state index in [0.717, 1.165) is 22.5 Å². The molecule has 0 saturated carbocycles. The lowest BCUT2D eigenvalue weighted by Gasteiger charge is -2.33. The number of rotatable bonds is 4. The van der Waals surface area contributed by atoms with Crippen molar-refractivity contribution in [2.45, 2.75) is 18.0 Å². The van der Waals surface area contributed by atoms with Crippen molar-refractivity contribution in [3.63, 3.8) is 0 Å². The molecule has 0 aliphatic carbocycles. The van der Waals surface area contributed by atoms with E-state index in [1.54, 1.807) is 4.90 Å². The molecule has 2 N–H and O–H groups in total. The number of hydrazine groups is 1. The Bertz CT molecular complexity index is 806. The fourth-order valence-electron chi connectivity index (χ4n) is 2.59. The molecule has 1 fully saturated rings. The van der Waals surface area contributed by atoms with E-state index in [0.29, 0.717) is 0 Å². The summed E-state index contributed by atoms with van der Waals surface area (Å²) in [5.74, 6) is -0.925. The summed E-state index contributed by atoms with van der Waals surface area (Å²) in [5.41, 5.74) is 3.11. The standard InChI is InChI=1S/C15H19F3N4O4S/c1-11(23)19-20-14(24)10-21-6-8-22(9-7-21)27(25,26)13-5-3-2-4-12(13)15(16,17)18/h2-5H,6-10H2,1H3,(H,19,23)(H,20,24). The van der Waals surface area contributed by atoms with E-state index >= 15 is 0 Å². The van der Waals surface area contributed by atoms with Crippen molar-refractivity contribution in [1.29, 1.82) is 0 Å². The molecule has 0 atom stereocenters. The molecule has 1 aliphatic heterocycles. The highest BCUT2D eigenvalue weighted by atomic mass is 32.2. The largest absolute Gasteiger partial charge is 0.417 e. The third-order valence-corrected chi connectivity index (χ3v) is 5.84. The first kappa shape index (κ1) is 21.1. The third kappa shape index (κ3) is 5.40. The maximum Gasteiger partial charge on any atom is 0.417 e. The number of hydrogen-bond donors (Lipinski definition) is 2. The lowest BCUT2D eigenvalue weighted by Crippen LogP contribution is -2.52. The van der Waals surface area contributed by atoms with Gasteiger partial charge in [0.1, 0.15) is 0 Å². The van der Waals surface area contributed by atoms with Gasteiger partial charge in [0.15, 0.2) is 0 Å². The summed E-state index contributed by atoms with van der Waals surface area (Å²) in [6.45, 7) is 1.38. The van der Waals surface area contributed by atoms with Gasteiger partial charge in [0.2, 0.25) is 15.9 Å². The summed E-state index contributed by atoms with van der Waals surface area (Å²) in [4.78, 5) is 23.2. The third-order valence-electron chi connectivity index (χ3n) is 3.89. The number of hydrogen-bond acceptors (Lipinski definition) is 5. The molecule has 8 nitrogen and oxygen atoms in total. The Morgan fingerprint density at radius 3 is 2.22 bits per heavy atom. The second-order valence-electron chi connectivity index (χ2n) is 5.90. The van der Waals surface area contributed by atoms with Crippen LogP contribution < -0.4 is 10.9 Å². The number of piperazine rings is 1. The normalized spacial score (nSPS) is 16.7. The maximum atomic E-state index is 13.1. The topological polar surface area (TPSA) is 98.8 Å². The van der Waals surface area contributed by atoms with Crippen LogP contribution in [0.1, 0.15) is 12.5 Å². The molecule has 0 bridgehead atoms. The highest BCUT2D eigenvalue weighted by molar-refractivity contribution is 7.89. The second-order valence-corrected chi connectivity index (χ2v) is 7.81. The number of alkyl halides is 3. The van der Waals surface area contributed by atoms with Crippen LogP contribution in [0.3, 0.4) is 0 Å². The Balaban J connectivity index is 2.04. The number of amides is 2. The van der Waals surface area contributed by atoms with Gasteiger partial charge in [-0.15, -0.1) is 0 Å². The Morgan fingerprint density at radius 2 is 1.67 bits per heavy atom. The first-order valence-electron chi connectivity index (χ1n) is 7.96. The zero-order valence-electron chi connectivity index (χ0n) is 14.4. The van der Waals surface area contributed by atoms with E-state index in [-0.39, 0.29) is 32.7 Å². The number of sulfonamides is 1. The van der Waals surface area contributed by atoms with Crippen LogP contribution in [-0.2, 0) is 25.8 Å². The molecule has 1 aliphatic rings. The van der Waals surface area contributed by atoms with Gasteiger partial charge in [0.05, 0.1) is 17.0 Å². The number of nitrogens with one attached hydrogen (secondary N) is 2. The molecule has 1 aromatic rings. The van der Waals surface area contributed by atoms with Crippen LogP contribution in [0.5, 0.6) is 0 Å². The highest BCUT2D eigenvalue weighted by Crippen LogP contribution is 2.35. The minimum absolute atomic E-state index is 0.0536. The van der Waals surface area contributed by atoms with E-state index < -0.39 is 38.5 Å². The number of halogens is 3. The first-order valence-corrected chi connectivity index (χ1v) is 9.40. The number of carbonyl (C=O) groups excluding carboxylic acids is 2. The summed E-state index contributed by atoms with van der Waals surface area (Å²) in [5, 5.41) is 0. The van der Waals surface area contributed by atoms with Gasteiger partial charge < -0.3 is 0 Å². The molecule has 0 radical (unpaired) electrons. The van der Waals surface area contributed by atoms with Crippen molar-refractivity contribution < 1.29 is 31.2 Å². The predicted octanol–water partition coefficient (Wildman–Crippen LogP) is 0.179. The summed E-state index contributed by atoms with van der Waals surface area (Å²) >= 11 is 0. The average Bonchev–Trinajstić information content (AvgIpc) is 2.60. The van der Waals surface area contributed by atoms with Crippen LogP contribution in [0.15, 0.2) is 29.2 Å². The van der Waals surface area contributed by atoms with Crippen LogP contribution >= 0.6 is 0 Å². The van der Waals surface area contributed by atoms with Crippen molar-refractivity contribution in [3.05, 3.63) is 29.8 Å². The fraction of sp³-hybridized carbons (Fsp3) is 0.467. The van der Waals surface area contributed by atoms with Crippen molar-refractivity contribution in [3.8, 4) is 0 Å². The molecule has 150 valence electrons. The average molecular weight is 408 g/mol. The Hall–Kier alpha value is -2.18. The molecule has 2 amide bonds. The lowest BCUT2D eigenvalue weighted by molar-refractivity contribution is -0.140. The van der Waals surface area contributed by atoms with E-state index in [1.807, 2.05) is 0 Å². The van der Waals surface area contributed by atoms with Crippen LogP contribution in [0.2, 0.25) is 0 Å². The fourth-order valence-corrected chi connectivity index (χ4v) is 4.23. The molecule has 0 spiro atoms. The minimum Gasteiger partial charge on any atom is -0.292 e. The zero-order valence-corrected chi connectivity index (χ0v) is 15.2. The molecule has 1 aromatic carbocycles. The van der Waals surface area contributed by atoms with E-state index in [2.05, 4.69) is 10.9 Å². The number of carbonyl (C=O) groups is 2. The summed E-state index contributed by atoms with van der Waals surface area (Å²) in [6, 6.07) is 4.04. The quantitative estimate of drug-likeness (QED) is 0.693. The van der Waals surface area contributed by atoms with Crippen molar-refractivity contribution in [2.24, 2.45) is 0 Å². The van der Waals surface area contributed by atoms with Crippen LogP contribution in [0.4, 0.5) is 13.2 Å². The van der Waals surface area contributed by atoms with Gasteiger partial charge in [-0.1, -0.05) is 12.1 Å². The summed E-state index contributed by atoms with van der Waals surface area (Å²) in [6.07, 6.45) is -4.78. The molecule has 27 heavy (non-hydrogen) atoms. The smallest absolute Gasteiger partial charge is 0.292 e. The molecular weight excluding hydrogens is 389 g/mol. The summed E-state index contributed by atoms with van der Waals surface area (Å²) < 4.78 is 65.6. The van der Waals surface area contributed by atoms with Crippen LogP contribution in [0.25, 0.3) is 0 Å². The molecule has 12 heteroatoms. The second kappa shape index (κ2) is 8.23. The van der Waals surface area contributed by atoms with Gasteiger partial charge in [-0.3, -0.25) is 25.3 Å². The lowest BCUT2D eigenvalue weighted by atomic mass is 10.2. The zero-order chi connectivity index (χ0) is 20.2. The number of nitrogens with zero attached hydrogens (tertiary/aromatic N) is 2. The Morgan fingerprint density at radius 1 is 1.07 bits per heavy atom. The van der Waals surface area contributed by atoms with Gasteiger partial charge in [-0.05, 0) is 12.1 Å². The maximum absolute atomic E-state index is 13.1. The first-order chi connectivity index (χ1) is 12.5. The van der Waals surface area contributed by atoms with Gasteiger partial charge >= 0.3 is 6.18 Å². The predicted molar refractivity (Wildman–Crippen MR) is 88.6 cm³/mol. The van der Waals surface area contributed by atoms with Crippen LogP contribution in [0, 0.1) is 0 Å². The number of benzene rings is 1. The monoisotopic (exact) mass is 408 g/mol. The summed E-state index contributed by atoms with van der Waals surface area (Å²) in [7, 11) is -4.32. The molecule has 0 unspecified atom stereocenters. The minimum atomic E-state index is -4.78. The van der Waals surface area contributed by atoms with Gasteiger partial charge in [-0.25, -0.2) is 8.42 Å². The van der Waals surface area contributed by atoms with Gasteiger partial charge in [-0.2, -0.15) is 17.5 Å². The van der Waals surface area contributed by atoms with Crippen molar-refractivity contribution >= 4 is 21.8 Å². The van der Waals surface area contributed by atoms with Crippen molar-refractivity contribution in [1.82, 2.24) is 20.1 Å². The SMILES string of the molecule is CC(=O)NNC(=O)CN1CCN(S(=O)(=O)c2ccccc2C(F)(F)F)CC1. The molecule has 0 aromatic heterocycles. The van der Waals surface area contributed by atoms with E-state index in [1.165, 1.54) is 13.0 Å². The van der Waals surface area contributed by atoms with Gasteiger partial charge in [0.25, 0.3) is 5.91 Å².